The predicted molar refractivity (Wildman–Crippen MR) is 209 cm³/mol. The molecule has 0 spiro atoms. The van der Waals surface area contributed by atoms with Crippen molar-refractivity contribution in [2.75, 3.05) is 4.90 Å². The first-order chi connectivity index (χ1) is 25.9. The highest BCUT2D eigenvalue weighted by Gasteiger charge is 2.66. The van der Waals surface area contributed by atoms with Crippen LogP contribution in [0.3, 0.4) is 0 Å². The van der Waals surface area contributed by atoms with Crippen molar-refractivity contribution in [3.63, 3.8) is 0 Å². The molecule has 11 nitrogen and oxygen atoms in total. The molecule has 54 heavy (non-hydrogen) atoms. The molecule has 2 amide bonds. The summed E-state index contributed by atoms with van der Waals surface area (Å²) >= 11 is 7.88. The second kappa shape index (κ2) is 12.2. The number of nitrogens with zero attached hydrogens (tertiary/aromatic N) is 6. The summed E-state index contributed by atoms with van der Waals surface area (Å²) in [7, 11) is 1.71. The van der Waals surface area contributed by atoms with Gasteiger partial charge in [0, 0.05) is 34.3 Å². The number of carbonyl (C=O) groups is 2. The predicted octanol–water partition coefficient (Wildman–Crippen LogP) is 6.68. The van der Waals surface area contributed by atoms with E-state index in [1.54, 1.807) is 84.6 Å². The highest BCUT2D eigenvalue weighted by molar-refractivity contribution is 7.22. The molecular weight excluding hydrogens is 724 g/mol. The third-order valence-electron chi connectivity index (χ3n) is 11.6. The number of hydrogen-bond donors (Lipinski definition) is 1. The number of rotatable bonds is 6. The number of allylic oxidation sites excluding steroid dienone is 3. The van der Waals surface area contributed by atoms with Gasteiger partial charge in [-0.25, -0.2) is 28.4 Å². The average molecular weight is 759 g/mol. The largest absolute Gasteiger partial charge is 0.507 e. The van der Waals surface area contributed by atoms with Crippen LogP contribution in [0.5, 0.6) is 5.75 Å². The summed E-state index contributed by atoms with van der Waals surface area (Å²) in [4.78, 5) is 60.2. The molecule has 2 fully saturated rings. The van der Waals surface area contributed by atoms with Gasteiger partial charge in [0.25, 0.3) is 0 Å². The lowest BCUT2D eigenvalue weighted by atomic mass is 9.56. The van der Waals surface area contributed by atoms with Crippen molar-refractivity contribution in [2.24, 2.45) is 18.4 Å². The second-order valence-electron chi connectivity index (χ2n) is 14.4. The Morgan fingerprint density at radius 1 is 1.04 bits per heavy atom. The van der Waals surface area contributed by atoms with Gasteiger partial charge in [0.1, 0.15) is 17.3 Å². The van der Waals surface area contributed by atoms with E-state index >= 15 is 4.79 Å². The Balaban J connectivity index is 1.21. The standard InChI is InChI=1S/C41H35ClN6O5S/c1-5-10-23-11-9-14-27(35(23)49)34-26-17-18-45-39(52)46(25-12-7-6-8-13-25)40(53)48(45)31(26)20-29-37(50)47(38(51)41(29,34)3)33-21-30(43-44(33)4)36-22(2)28-19-24(42)15-16-32(28)54-36/h5-9,11-17,19,21,29,31,34,49H,1,10,18,20H2,2-4H3/t29-,31+,34+,41+/m0/s1. The number of anilines is 1. The molecular formula is C41H35ClN6O5S. The number of carbonyl (C=O) groups excluding carboxylic acids is 2. The van der Waals surface area contributed by atoms with Gasteiger partial charge in [-0.05, 0) is 79.1 Å². The van der Waals surface area contributed by atoms with Crippen LogP contribution in [0, 0.1) is 18.3 Å². The average Bonchev–Trinajstić information content (AvgIpc) is 3.83. The zero-order valence-corrected chi connectivity index (χ0v) is 31.3. The van der Waals surface area contributed by atoms with Crippen molar-refractivity contribution in [1.82, 2.24) is 23.7 Å². The molecule has 3 aliphatic rings. The molecule has 0 radical (unpaired) electrons. The molecule has 0 unspecified atom stereocenters. The molecule has 1 N–H and O–H groups in total. The van der Waals surface area contributed by atoms with E-state index in [1.807, 2.05) is 37.3 Å². The summed E-state index contributed by atoms with van der Waals surface area (Å²) in [5, 5.41) is 18.2. The summed E-state index contributed by atoms with van der Waals surface area (Å²) in [5.74, 6) is -2.27. The van der Waals surface area contributed by atoms with Crippen LogP contribution in [0.2, 0.25) is 5.02 Å². The van der Waals surface area contributed by atoms with Gasteiger partial charge in [0.05, 0.1) is 34.5 Å². The van der Waals surface area contributed by atoms with E-state index in [0.717, 1.165) is 25.1 Å². The van der Waals surface area contributed by atoms with Crippen molar-refractivity contribution in [1.29, 1.82) is 0 Å². The number of para-hydroxylation sites is 2. The Morgan fingerprint density at radius 2 is 1.81 bits per heavy atom. The SMILES string of the molecule is C=CCc1cccc([C@H]2C3=CCn4c(=O)n(-c5ccccc5)c(=O)n4[C@@H]3C[C@H]3C(=O)N(c4cc(-c5sc6ccc(Cl)cc6c5C)nn4C)C(=O)[C@@]23C)c1O. The van der Waals surface area contributed by atoms with Crippen LogP contribution in [-0.4, -0.2) is 40.6 Å². The summed E-state index contributed by atoms with van der Waals surface area (Å²) in [6.45, 7) is 7.71. The molecule has 3 aromatic carbocycles. The van der Waals surface area contributed by atoms with Crippen LogP contribution >= 0.6 is 22.9 Å². The van der Waals surface area contributed by atoms with E-state index < -0.39 is 46.5 Å². The topological polar surface area (TPSA) is 124 Å². The van der Waals surface area contributed by atoms with E-state index in [-0.39, 0.29) is 18.7 Å². The molecule has 1 saturated heterocycles. The monoisotopic (exact) mass is 758 g/mol. The van der Waals surface area contributed by atoms with Gasteiger partial charge < -0.3 is 5.11 Å². The molecule has 5 heterocycles. The molecule has 0 bridgehead atoms. The Kier molecular flexibility index (Phi) is 7.67. The van der Waals surface area contributed by atoms with Crippen molar-refractivity contribution in [3.05, 3.63) is 140 Å². The number of phenolic OH excluding ortho intramolecular Hbond substituents is 1. The van der Waals surface area contributed by atoms with Crippen LogP contribution in [0.15, 0.2) is 107 Å². The van der Waals surface area contributed by atoms with E-state index in [2.05, 4.69) is 6.58 Å². The molecule has 13 heteroatoms. The number of hydrogen-bond acceptors (Lipinski definition) is 7. The minimum atomic E-state index is -1.37. The molecule has 3 aromatic heterocycles. The van der Waals surface area contributed by atoms with Crippen molar-refractivity contribution < 1.29 is 14.7 Å². The molecule has 1 aliphatic carbocycles. The fourth-order valence-corrected chi connectivity index (χ4v) is 10.3. The first-order valence-corrected chi connectivity index (χ1v) is 18.9. The van der Waals surface area contributed by atoms with Crippen molar-refractivity contribution >= 4 is 50.7 Å². The van der Waals surface area contributed by atoms with Gasteiger partial charge in [-0.2, -0.15) is 5.10 Å². The number of halogens is 1. The maximum atomic E-state index is 15.2. The van der Waals surface area contributed by atoms with Crippen LogP contribution in [0.25, 0.3) is 26.3 Å². The van der Waals surface area contributed by atoms with E-state index in [9.17, 15) is 19.5 Å². The zero-order valence-electron chi connectivity index (χ0n) is 29.7. The maximum absolute atomic E-state index is 15.2. The van der Waals surface area contributed by atoms with E-state index in [4.69, 9.17) is 16.7 Å². The van der Waals surface area contributed by atoms with Crippen LogP contribution in [0.4, 0.5) is 5.82 Å². The zero-order chi connectivity index (χ0) is 37.8. The smallest absolute Gasteiger partial charge is 0.352 e. The normalized spacial score (nSPS) is 22.0. The lowest BCUT2D eigenvalue weighted by Crippen LogP contribution is -2.49. The summed E-state index contributed by atoms with van der Waals surface area (Å²) in [6, 6.07) is 20.8. The summed E-state index contributed by atoms with van der Waals surface area (Å²) in [6.07, 6.45) is 4.04. The minimum absolute atomic E-state index is 0.00273. The molecule has 9 rings (SSSR count). The number of phenols is 1. The van der Waals surface area contributed by atoms with E-state index in [0.29, 0.717) is 45.3 Å². The molecule has 2 aliphatic heterocycles. The fraction of sp³-hybridized carbons (Fsp3) is 0.244. The number of amides is 2. The number of aryl methyl sites for hydroxylation is 2. The Hall–Kier alpha value is -5.72. The first-order valence-electron chi connectivity index (χ1n) is 17.7. The Bertz CT molecular complexity index is 2750. The van der Waals surface area contributed by atoms with Gasteiger partial charge in [0.15, 0.2) is 0 Å². The van der Waals surface area contributed by atoms with Gasteiger partial charge in [-0.1, -0.05) is 60.2 Å². The van der Waals surface area contributed by atoms with Gasteiger partial charge >= 0.3 is 11.4 Å². The number of aromatic hydroxyl groups is 1. The van der Waals surface area contributed by atoms with Crippen LogP contribution in [-0.2, 0) is 29.6 Å². The lowest BCUT2D eigenvalue weighted by Gasteiger charge is -2.47. The number of thiophene rings is 1. The summed E-state index contributed by atoms with van der Waals surface area (Å²) < 4.78 is 6.55. The number of fused-ring (bicyclic) bond motifs is 5. The van der Waals surface area contributed by atoms with Crippen molar-refractivity contribution in [3.8, 4) is 22.0 Å². The van der Waals surface area contributed by atoms with Crippen LogP contribution in [0.1, 0.15) is 42.0 Å². The van der Waals surface area contributed by atoms with Crippen LogP contribution < -0.4 is 16.3 Å². The highest BCUT2D eigenvalue weighted by atomic mass is 35.5. The Morgan fingerprint density at radius 3 is 2.57 bits per heavy atom. The number of imide groups is 1. The number of benzene rings is 3. The molecule has 1 saturated carbocycles. The number of aromatic nitrogens is 5. The minimum Gasteiger partial charge on any atom is -0.507 e. The third kappa shape index (κ3) is 4.62. The van der Waals surface area contributed by atoms with E-state index in [1.165, 1.54) is 14.3 Å². The lowest BCUT2D eigenvalue weighted by molar-refractivity contribution is -0.129. The quantitative estimate of drug-likeness (QED) is 0.149. The second-order valence-corrected chi connectivity index (χ2v) is 15.9. The van der Waals surface area contributed by atoms with Gasteiger partial charge in [-0.3, -0.25) is 14.3 Å². The third-order valence-corrected chi connectivity index (χ3v) is 13.1. The molecule has 272 valence electrons. The fourth-order valence-electron chi connectivity index (χ4n) is 9.02. The Labute approximate surface area is 318 Å². The molecule has 4 atom stereocenters. The highest BCUT2D eigenvalue weighted by Crippen LogP contribution is 2.62. The van der Waals surface area contributed by atoms with Crippen molar-refractivity contribution in [2.45, 2.75) is 45.2 Å². The first kappa shape index (κ1) is 34.1. The summed E-state index contributed by atoms with van der Waals surface area (Å²) in [5.41, 5.74) is 1.41. The van der Waals surface area contributed by atoms with Gasteiger partial charge in [0.2, 0.25) is 11.8 Å². The molecule has 6 aromatic rings. The van der Waals surface area contributed by atoms with Gasteiger partial charge in [-0.15, -0.1) is 17.9 Å². The maximum Gasteiger partial charge on any atom is 0.352 e.